The fraction of sp³-hybridized carbons (Fsp3) is 0.643. The highest BCUT2D eigenvalue weighted by atomic mass is 35.5. The topological polar surface area (TPSA) is 61.6 Å². The summed E-state index contributed by atoms with van der Waals surface area (Å²) in [5, 5.41) is 9.71. The maximum Gasteiger partial charge on any atom is 0.160 e. The van der Waals surface area contributed by atoms with Gasteiger partial charge in [-0.3, -0.25) is 4.99 Å². The lowest BCUT2D eigenvalue weighted by Gasteiger charge is -2.35. The summed E-state index contributed by atoms with van der Waals surface area (Å²) in [6, 6.07) is 0.439. The van der Waals surface area contributed by atoms with Gasteiger partial charge in [0.05, 0.1) is 0 Å². The van der Waals surface area contributed by atoms with E-state index in [9.17, 15) is 5.11 Å². The summed E-state index contributed by atoms with van der Waals surface area (Å²) in [4.78, 5) is 14.4. The Morgan fingerprint density at radius 3 is 2.80 bits per heavy atom. The normalized spacial score (nSPS) is 31.6. The molecule has 5 nitrogen and oxygen atoms in total. The molecule has 0 aromatic carbocycles. The van der Waals surface area contributed by atoms with Gasteiger partial charge >= 0.3 is 0 Å². The van der Waals surface area contributed by atoms with Gasteiger partial charge in [0, 0.05) is 19.7 Å². The maximum atomic E-state index is 9.37. The summed E-state index contributed by atoms with van der Waals surface area (Å²) in [5.74, 6) is 2.48. The summed E-state index contributed by atoms with van der Waals surface area (Å²) in [7, 11) is 2.03. The molecule has 4 atom stereocenters. The average Bonchev–Trinajstić information content (AvgIpc) is 3.05. The van der Waals surface area contributed by atoms with Crippen LogP contribution in [0.4, 0.5) is 11.5 Å². The summed E-state index contributed by atoms with van der Waals surface area (Å²) in [6.45, 7) is 3.88. The van der Waals surface area contributed by atoms with Crippen LogP contribution in [-0.2, 0) is 0 Å². The van der Waals surface area contributed by atoms with Gasteiger partial charge in [0.2, 0.25) is 0 Å². The Morgan fingerprint density at radius 2 is 2.20 bits per heavy atom. The predicted molar refractivity (Wildman–Crippen MR) is 79.8 cm³/mol. The summed E-state index contributed by atoms with van der Waals surface area (Å²) >= 11 is 6.06. The first kappa shape index (κ1) is 13.8. The summed E-state index contributed by atoms with van der Waals surface area (Å²) in [5.41, 5.74) is 0.554. The SMILES string of the molecule is C=Nc1c(Cl)ncnc1N(C)C1CC2CC1CC2CO. The minimum Gasteiger partial charge on any atom is -0.396 e. The second kappa shape index (κ2) is 5.30. The molecule has 4 unspecified atom stereocenters. The highest BCUT2D eigenvalue weighted by Gasteiger charge is 2.47. The number of nitrogens with zero attached hydrogens (tertiary/aromatic N) is 4. The molecule has 2 saturated carbocycles. The zero-order valence-electron chi connectivity index (χ0n) is 11.5. The monoisotopic (exact) mass is 294 g/mol. The quantitative estimate of drug-likeness (QED) is 0.684. The van der Waals surface area contributed by atoms with E-state index in [2.05, 4.69) is 26.6 Å². The van der Waals surface area contributed by atoms with Crippen LogP contribution in [0.2, 0.25) is 5.15 Å². The minimum absolute atomic E-state index is 0.316. The lowest BCUT2D eigenvalue weighted by molar-refractivity contribution is 0.170. The van der Waals surface area contributed by atoms with Gasteiger partial charge in [0.1, 0.15) is 12.0 Å². The van der Waals surface area contributed by atoms with Crippen LogP contribution in [0.25, 0.3) is 0 Å². The Labute approximate surface area is 123 Å². The van der Waals surface area contributed by atoms with Crippen molar-refractivity contribution in [3.63, 3.8) is 0 Å². The van der Waals surface area contributed by atoms with Gasteiger partial charge in [-0.05, 0) is 43.7 Å². The fourth-order valence-corrected chi connectivity index (χ4v) is 4.15. The van der Waals surface area contributed by atoms with Crippen LogP contribution < -0.4 is 4.90 Å². The third kappa shape index (κ3) is 2.09. The van der Waals surface area contributed by atoms with E-state index in [0.29, 0.717) is 41.2 Å². The van der Waals surface area contributed by atoms with Crippen LogP contribution in [-0.4, -0.2) is 41.5 Å². The lowest BCUT2D eigenvalue weighted by Crippen LogP contribution is -2.38. The Kier molecular flexibility index (Phi) is 3.65. The van der Waals surface area contributed by atoms with Crippen LogP contribution in [0.5, 0.6) is 0 Å². The van der Waals surface area contributed by atoms with Gasteiger partial charge < -0.3 is 10.0 Å². The molecular formula is C14H19ClN4O. The van der Waals surface area contributed by atoms with Crippen molar-refractivity contribution in [3.05, 3.63) is 11.5 Å². The van der Waals surface area contributed by atoms with E-state index in [-0.39, 0.29) is 0 Å². The number of aliphatic imine (C=N–C) groups is 1. The van der Waals surface area contributed by atoms with Crippen LogP contribution in [0, 0.1) is 17.8 Å². The fourth-order valence-electron chi connectivity index (χ4n) is 3.96. The van der Waals surface area contributed by atoms with Crippen LogP contribution in [0.1, 0.15) is 19.3 Å². The van der Waals surface area contributed by atoms with E-state index in [1.54, 1.807) is 0 Å². The smallest absolute Gasteiger partial charge is 0.160 e. The predicted octanol–water partition coefficient (Wildman–Crippen LogP) is 2.31. The molecule has 2 aliphatic rings. The van der Waals surface area contributed by atoms with Crippen molar-refractivity contribution < 1.29 is 5.11 Å². The summed E-state index contributed by atoms with van der Waals surface area (Å²) < 4.78 is 0. The van der Waals surface area contributed by atoms with E-state index in [0.717, 1.165) is 18.7 Å². The molecular weight excluding hydrogens is 276 g/mol. The second-order valence-electron chi connectivity index (χ2n) is 5.84. The van der Waals surface area contributed by atoms with Crippen LogP contribution in [0.15, 0.2) is 11.3 Å². The molecule has 0 saturated heterocycles. The van der Waals surface area contributed by atoms with Crippen molar-refractivity contribution in [2.75, 3.05) is 18.6 Å². The van der Waals surface area contributed by atoms with E-state index in [4.69, 9.17) is 11.6 Å². The van der Waals surface area contributed by atoms with E-state index < -0.39 is 0 Å². The molecule has 1 N–H and O–H groups in total. The lowest BCUT2D eigenvalue weighted by atomic mass is 9.86. The highest BCUT2D eigenvalue weighted by Crippen LogP contribution is 2.51. The molecule has 1 aromatic rings. The van der Waals surface area contributed by atoms with Gasteiger partial charge in [-0.2, -0.15) is 0 Å². The first-order chi connectivity index (χ1) is 9.65. The number of aromatic nitrogens is 2. The molecule has 2 fully saturated rings. The van der Waals surface area contributed by atoms with Gasteiger partial charge in [0.25, 0.3) is 0 Å². The number of halogens is 1. The number of hydrogen-bond acceptors (Lipinski definition) is 5. The Bertz CT molecular complexity index is 524. The van der Waals surface area contributed by atoms with Gasteiger partial charge in [-0.15, -0.1) is 0 Å². The number of aliphatic hydroxyl groups is 1. The van der Waals surface area contributed by atoms with E-state index in [1.165, 1.54) is 12.7 Å². The highest BCUT2D eigenvalue weighted by molar-refractivity contribution is 6.32. The van der Waals surface area contributed by atoms with Crippen molar-refractivity contribution in [3.8, 4) is 0 Å². The molecule has 0 radical (unpaired) electrons. The third-order valence-electron chi connectivity index (χ3n) is 4.95. The number of hydrogen-bond donors (Lipinski definition) is 1. The van der Waals surface area contributed by atoms with Crippen molar-refractivity contribution in [2.45, 2.75) is 25.3 Å². The van der Waals surface area contributed by atoms with Crippen molar-refractivity contribution >= 4 is 29.8 Å². The molecule has 0 spiro atoms. The van der Waals surface area contributed by atoms with Crippen molar-refractivity contribution in [1.29, 1.82) is 0 Å². The number of rotatable bonds is 4. The molecule has 1 aromatic heterocycles. The Morgan fingerprint density at radius 1 is 1.40 bits per heavy atom. The first-order valence-corrected chi connectivity index (χ1v) is 7.34. The maximum absolute atomic E-state index is 9.37. The number of anilines is 1. The third-order valence-corrected chi connectivity index (χ3v) is 5.23. The summed E-state index contributed by atoms with van der Waals surface area (Å²) in [6.07, 6.45) is 4.87. The zero-order chi connectivity index (χ0) is 14.3. The largest absolute Gasteiger partial charge is 0.396 e. The van der Waals surface area contributed by atoms with E-state index in [1.807, 2.05) is 7.05 Å². The first-order valence-electron chi connectivity index (χ1n) is 6.96. The molecule has 20 heavy (non-hydrogen) atoms. The Hall–Kier alpha value is -1.20. The van der Waals surface area contributed by atoms with Crippen molar-refractivity contribution in [1.82, 2.24) is 9.97 Å². The molecule has 0 aliphatic heterocycles. The Balaban J connectivity index is 1.83. The molecule has 6 heteroatoms. The standard InChI is InChI=1S/C14H19ClN4O/c1-16-12-13(15)17-7-18-14(12)19(2)11-5-8-3-9(11)4-10(8)6-20/h7-11,20H,1,3-6H2,2H3. The molecule has 2 bridgehead atoms. The van der Waals surface area contributed by atoms with Crippen molar-refractivity contribution in [2.24, 2.45) is 22.7 Å². The second-order valence-corrected chi connectivity index (χ2v) is 6.20. The average molecular weight is 295 g/mol. The van der Waals surface area contributed by atoms with E-state index >= 15 is 0 Å². The van der Waals surface area contributed by atoms with Gasteiger partial charge in [0.15, 0.2) is 11.0 Å². The van der Waals surface area contributed by atoms with Crippen LogP contribution >= 0.6 is 11.6 Å². The number of fused-ring (bicyclic) bond motifs is 2. The van der Waals surface area contributed by atoms with Crippen LogP contribution in [0.3, 0.4) is 0 Å². The molecule has 0 amide bonds. The minimum atomic E-state index is 0.316. The zero-order valence-corrected chi connectivity index (χ0v) is 12.3. The molecule has 1 heterocycles. The van der Waals surface area contributed by atoms with Gasteiger partial charge in [-0.1, -0.05) is 11.6 Å². The molecule has 108 valence electrons. The molecule has 2 aliphatic carbocycles. The number of aliphatic hydroxyl groups excluding tert-OH is 1. The van der Waals surface area contributed by atoms with Gasteiger partial charge in [-0.25, -0.2) is 9.97 Å². The molecule has 3 rings (SSSR count).